The minimum atomic E-state index is -0.216. The highest BCUT2D eigenvalue weighted by Crippen LogP contribution is 2.34. The summed E-state index contributed by atoms with van der Waals surface area (Å²) in [5, 5.41) is 0.472. The molecule has 0 N–H and O–H groups in total. The number of imidazole rings is 1. The van der Waals surface area contributed by atoms with E-state index in [9.17, 15) is 0 Å². The van der Waals surface area contributed by atoms with Crippen LogP contribution in [0.4, 0.5) is 0 Å². The Kier molecular flexibility index (Phi) is 4.00. The number of aromatic nitrogens is 2. The molecule has 108 valence electrons. The lowest BCUT2D eigenvalue weighted by Crippen LogP contribution is -2.04. The van der Waals surface area contributed by atoms with Gasteiger partial charge in [-0.2, -0.15) is 0 Å². The SMILES string of the molecule is Cc1cccc(Cl)c1-n1c(C(C)Cl)nc2ccc(Br)cc21. The van der Waals surface area contributed by atoms with Crippen LogP contribution in [-0.4, -0.2) is 9.55 Å². The number of nitrogens with zero attached hydrogens (tertiary/aromatic N) is 2. The molecule has 3 rings (SSSR count). The van der Waals surface area contributed by atoms with Gasteiger partial charge in [0.2, 0.25) is 0 Å². The summed E-state index contributed by atoms with van der Waals surface area (Å²) in [6.07, 6.45) is 0. The van der Waals surface area contributed by atoms with Gasteiger partial charge in [0.05, 0.1) is 27.1 Å². The second-order valence-corrected chi connectivity index (χ2v) is 6.94. The van der Waals surface area contributed by atoms with Crippen molar-refractivity contribution in [3.8, 4) is 5.69 Å². The van der Waals surface area contributed by atoms with E-state index in [-0.39, 0.29) is 5.38 Å². The van der Waals surface area contributed by atoms with E-state index >= 15 is 0 Å². The highest BCUT2D eigenvalue weighted by molar-refractivity contribution is 9.10. The van der Waals surface area contributed by atoms with Crippen molar-refractivity contribution in [1.29, 1.82) is 0 Å². The van der Waals surface area contributed by atoms with E-state index in [1.165, 1.54) is 0 Å². The number of para-hydroxylation sites is 1. The molecule has 0 saturated heterocycles. The first-order valence-corrected chi connectivity index (χ1v) is 8.17. The van der Waals surface area contributed by atoms with E-state index in [1.807, 2.05) is 50.2 Å². The Morgan fingerprint density at radius 2 is 2.00 bits per heavy atom. The number of hydrogen-bond acceptors (Lipinski definition) is 1. The summed E-state index contributed by atoms with van der Waals surface area (Å²) < 4.78 is 3.05. The van der Waals surface area contributed by atoms with Crippen LogP contribution in [0.2, 0.25) is 5.02 Å². The summed E-state index contributed by atoms with van der Waals surface area (Å²) in [6.45, 7) is 3.95. The number of hydrogen-bond donors (Lipinski definition) is 0. The average molecular weight is 384 g/mol. The molecule has 0 fully saturated rings. The maximum absolute atomic E-state index is 6.43. The Balaban J connectivity index is 2.44. The van der Waals surface area contributed by atoms with Gasteiger partial charge in [-0.25, -0.2) is 4.98 Å². The summed E-state index contributed by atoms with van der Waals surface area (Å²) >= 11 is 16.3. The summed E-state index contributed by atoms with van der Waals surface area (Å²) in [5.41, 5.74) is 3.91. The molecule has 0 saturated carbocycles. The third-order valence-corrected chi connectivity index (χ3v) is 4.40. The third-order valence-electron chi connectivity index (χ3n) is 3.41. The molecular formula is C16H13BrCl2N2. The summed E-state index contributed by atoms with van der Waals surface area (Å²) in [6, 6.07) is 11.9. The molecular weight excluding hydrogens is 371 g/mol. The molecule has 2 aromatic carbocycles. The molecule has 1 heterocycles. The zero-order chi connectivity index (χ0) is 15.1. The first kappa shape index (κ1) is 14.9. The Hall–Kier alpha value is -1.03. The maximum atomic E-state index is 6.43. The van der Waals surface area contributed by atoms with Crippen molar-refractivity contribution in [3.05, 3.63) is 57.3 Å². The zero-order valence-corrected chi connectivity index (χ0v) is 14.7. The molecule has 0 radical (unpaired) electrons. The van der Waals surface area contributed by atoms with Gasteiger partial charge in [-0.15, -0.1) is 11.6 Å². The molecule has 5 heteroatoms. The number of alkyl halides is 1. The minimum Gasteiger partial charge on any atom is -0.293 e. The van der Waals surface area contributed by atoms with Crippen molar-refractivity contribution in [1.82, 2.24) is 9.55 Å². The van der Waals surface area contributed by atoms with Crippen LogP contribution in [0.15, 0.2) is 40.9 Å². The van der Waals surface area contributed by atoms with Gasteiger partial charge in [0, 0.05) is 4.47 Å². The van der Waals surface area contributed by atoms with E-state index in [2.05, 4.69) is 25.5 Å². The van der Waals surface area contributed by atoms with Crippen LogP contribution in [0.5, 0.6) is 0 Å². The lowest BCUT2D eigenvalue weighted by atomic mass is 10.2. The monoisotopic (exact) mass is 382 g/mol. The van der Waals surface area contributed by atoms with E-state index < -0.39 is 0 Å². The van der Waals surface area contributed by atoms with Gasteiger partial charge >= 0.3 is 0 Å². The number of aryl methyl sites for hydroxylation is 1. The van der Waals surface area contributed by atoms with Crippen LogP contribution in [0.1, 0.15) is 23.7 Å². The van der Waals surface area contributed by atoms with Crippen LogP contribution < -0.4 is 0 Å². The van der Waals surface area contributed by atoms with Gasteiger partial charge in [0.1, 0.15) is 5.82 Å². The molecule has 1 aromatic heterocycles. The van der Waals surface area contributed by atoms with E-state index in [0.29, 0.717) is 5.02 Å². The molecule has 1 atom stereocenters. The van der Waals surface area contributed by atoms with Crippen molar-refractivity contribution >= 4 is 50.2 Å². The molecule has 21 heavy (non-hydrogen) atoms. The maximum Gasteiger partial charge on any atom is 0.132 e. The van der Waals surface area contributed by atoms with Crippen molar-refractivity contribution in [2.24, 2.45) is 0 Å². The Morgan fingerprint density at radius 1 is 1.24 bits per heavy atom. The Labute approximate surface area is 141 Å². The second-order valence-electron chi connectivity index (χ2n) is 4.96. The number of benzene rings is 2. The lowest BCUT2D eigenvalue weighted by molar-refractivity contribution is 0.878. The minimum absolute atomic E-state index is 0.216. The van der Waals surface area contributed by atoms with Gasteiger partial charge in [0.15, 0.2) is 0 Å². The lowest BCUT2D eigenvalue weighted by Gasteiger charge is -2.15. The second kappa shape index (κ2) is 5.64. The van der Waals surface area contributed by atoms with Crippen LogP contribution in [0.3, 0.4) is 0 Å². The van der Waals surface area contributed by atoms with Crippen molar-refractivity contribution in [2.45, 2.75) is 19.2 Å². The first-order valence-electron chi connectivity index (χ1n) is 6.56. The summed E-state index contributed by atoms with van der Waals surface area (Å²) in [7, 11) is 0. The molecule has 0 aliphatic rings. The predicted octanol–water partition coefficient (Wildman–Crippen LogP) is 6.05. The highest BCUT2D eigenvalue weighted by Gasteiger charge is 2.19. The van der Waals surface area contributed by atoms with Gasteiger partial charge in [-0.3, -0.25) is 4.57 Å². The quantitative estimate of drug-likeness (QED) is 0.492. The van der Waals surface area contributed by atoms with Crippen LogP contribution in [0.25, 0.3) is 16.7 Å². The van der Waals surface area contributed by atoms with E-state index in [1.54, 1.807) is 0 Å². The van der Waals surface area contributed by atoms with Crippen LogP contribution in [-0.2, 0) is 0 Å². The third kappa shape index (κ3) is 2.59. The molecule has 0 bridgehead atoms. The standard InChI is InChI=1S/C16H13BrCl2N2/c1-9-4-3-5-12(19)15(9)21-14-8-11(17)6-7-13(14)20-16(21)10(2)18/h3-8,10H,1-2H3. The van der Waals surface area contributed by atoms with Gasteiger partial charge in [0.25, 0.3) is 0 Å². The molecule has 0 aliphatic heterocycles. The Bertz CT molecular complexity index is 804. The van der Waals surface area contributed by atoms with E-state index in [0.717, 1.165) is 32.6 Å². The van der Waals surface area contributed by atoms with E-state index in [4.69, 9.17) is 23.2 Å². The molecule has 0 amide bonds. The van der Waals surface area contributed by atoms with Crippen LogP contribution in [0, 0.1) is 6.92 Å². The van der Waals surface area contributed by atoms with Crippen molar-refractivity contribution < 1.29 is 0 Å². The normalized spacial score (nSPS) is 12.8. The molecule has 0 spiro atoms. The fourth-order valence-electron chi connectivity index (χ4n) is 2.48. The van der Waals surface area contributed by atoms with Crippen LogP contribution >= 0.6 is 39.1 Å². The van der Waals surface area contributed by atoms with Gasteiger partial charge in [-0.05, 0) is 43.7 Å². The van der Waals surface area contributed by atoms with Gasteiger partial charge < -0.3 is 0 Å². The Morgan fingerprint density at radius 3 is 2.67 bits per heavy atom. The smallest absolute Gasteiger partial charge is 0.132 e. The predicted molar refractivity (Wildman–Crippen MR) is 92.8 cm³/mol. The molecule has 3 aromatic rings. The van der Waals surface area contributed by atoms with Crippen molar-refractivity contribution in [3.63, 3.8) is 0 Å². The highest BCUT2D eigenvalue weighted by atomic mass is 79.9. The molecule has 0 aliphatic carbocycles. The number of fused-ring (bicyclic) bond motifs is 1. The number of rotatable bonds is 2. The largest absolute Gasteiger partial charge is 0.293 e. The summed E-state index contributed by atoms with van der Waals surface area (Å²) in [5.74, 6) is 0.793. The summed E-state index contributed by atoms with van der Waals surface area (Å²) in [4.78, 5) is 4.66. The fourth-order valence-corrected chi connectivity index (χ4v) is 3.28. The topological polar surface area (TPSA) is 17.8 Å². The average Bonchev–Trinajstić information content (AvgIpc) is 2.78. The van der Waals surface area contributed by atoms with Crippen molar-refractivity contribution in [2.75, 3.05) is 0 Å². The van der Waals surface area contributed by atoms with Gasteiger partial charge in [-0.1, -0.05) is 39.7 Å². The fraction of sp³-hybridized carbons (Fsp3) is 0.188. The first-order chi connectivity index (χ1) is 9.99. The zero-order valence-electron chi connectivity index (χ0n) is 11.6. The molecule has 2 nitrogen and oxygen atoms in total. The molecule has 1 unspecified atom stereocenters. The number of halogens is 3.